The van der Waals surface area contributed by atoms with Gasteiger partial charge in [0.2, 0.25) is 0 Å². The lowest BCUT2D eigenvalue weighted by atomic mass is 10.1. The second kappa shape index (κ2) is 9.40. The van der Waals surface area contributed by atoms with Crippen LogP contribution in [-0.4, -0.2) is 72.4 Å². The zero-order chi connectivity index (χ0) is 19.3. The number of likely N-dealkylation sites (tertiary alicyclic amines) is 1. The summed E-state index contributed by atoms with van der Waals surface area (Å²) in [6, 6.07) is 9.59. The maximum absolute atomic E-state index is 6.11. The predicted molar refractivity (Wildman–Crippen MR) is 116 cm³/mol. The highest BCUT2D eigenvalue weighted by Gasteiger charge is 2.19. The minimum atomic E-state index is 0.533. The first-order chi connectivity index (χ1) is 13.7. The number of piperazine rings is 1. The van der Waals surface area contributed by atoms with Crippen LogP contribution in [0.25, 0.3) is 11.3 Å². The largest absolute Gasteiger partial charge is 0.353 e. The van der Waals surface area contributed by atoms with Gasteiger partial charge in [-0.1, -0.05) is 35.7 Å². The van der Waals surface area contributed by atoms with Crippen molar-refractivity contribution in [2.45, 2.75) is 19.3 Å². The highest BCUT2D eigenvalue weighted by atomic mass is 35.5. The van der Waals surface area contributed by atoms with Crippen molar-refractivity contribution < 1.29 is 0 Å². The fraction of sp³-hybridized carbons (Fsp3) is 0.524. The normalized spacial score (nSPS) is 19.1. The number of rotatable bonds is 5. The molecule has 0 N–H and O–H groups in total. The molecule has 2 aromatic rings. The van der Waals surface area contributed by atoms with E-state index in [9.17, 15) is 0 Å². The Kier molecular flexibility index (Phi) is 6.68. The molecule has 3 heterocycles. The van der Waals surface area contributed by atoms with Gasteiger partial charge in [0, 0.05) is 44.8 Å². The van der Waals surface area contributed by atoms with Gasteiger partial charge in [-0.3, -0.25) is 4.90 Å². The van der Waals surface area contributed by atoms with Crippen LogP contribution in [0.5, 0.6) is 0 Å². The third-order valence-electron chi connectivity index (χ3n) is 5.74. The Hall–Kier alpha value is -1.40. The number of anilines is 1. The Morgan fingerprint density at radius 1 is 0.714 bits per heavy atom. The Morgan fingerprint density at radius 3 is 2.07 bits per heavy atom. The quantitative estimate of drug-likeness (QED) is 0.729. The van der Waals surface area contributed by atoms with Crippen molar-refractivity contribution >= 4 is 29.0 Å². The van der Waals surface area contributed by atoms with Gasteiger partial charge in [-0.05, 0) is 50.2 Å². The van der Waals surface area contributed by atoms with Crippen molar-refractivity contribution in [2.75, 3.05) is 57.3 Å². The summed E-state index contributed by atoms with van der Waals surface area (Å²) in [6.45, 7) is 9.12. The summed E-state index contributed by atoms with van der Waals surface area (Å²) in [7, 11) is 0. The number of nitrogens with zero attached hydrogens (tertiary/aromatic N) is 5. The van der Waals surface area contributed by atoms with Crippen LogP contribution in [0.2, 0.25) is 10.0 Å². The molecule has 0 saturated carbocycles. The van der Waals surface area contributed by atoms with E-state index < -0.39 is 0 Å². The summed E-state index contributed by atoms with van der Waals surface area (Å²) < 4.78 is 0. The lowest BCUT2D eigenvalue weighted by Gasteiger charge is -2.36. The predicted octanol–water partition coefficient (Wildman–Crippen LogP) is 4.06. The van der Waals surface area contributed by atoms with Crippen molar-refractivity contribution in [2.24, 2.45) is 0 Å². The second-order valence-corrected chi connectivity index (χ2v) is 8.45. The van der Waals surface area contributed by atoms with E-state index in [1.54, 1.807) is 6.07 Å². The first kappa shape index (κ1) is 19.9. The van der Waals surface area contributed by atoms with Crippen LogP contribution in [0.4, 0.5) is 5.82 Å². The molecule has 0 bridgehead atoms. The first-order valence-electron chi connectivity index (χ1n) is 10.2. The Labute approximate surface area is 177 Å². The van der Waals surface area contributed by atoms with E-state index in [4.69, 9.17) is 23.2 Å². The third-order valence-corrected chi connectivity index (χ3v) is 6.48. The fourth-order valence-corrected chi connectivity index (χ4v) is 4.27. The maximum Gasteiger partial charge on any atom is 0.151 e. The molecule has 150 valence electrons. The lowest BCUT2D eigenvalue weighted by Crippen LogP contribution is -2.49. The summed E-state index contributed by atoms with van der Waals surface area (Å²) >= 11 is 12.1. The summed E-state index contributed by atoms with van der Waals surface area (Å²) in [4.78, 5) is 7.51. The van der Waals surface area contributed by atoms with Gasteiger partial charge in [0.15, 0.2) is 5.82 Å². The molecular weight excluding hydrogens is 393 g/mol. The van der Waals surface area contributed by atoms with Gasteiger partial charge in [0.05, 0.1) is 15.7 Å². The molecule has 0 radical (unpaired) electrons. The molecule has 2 saturated heterocycles. The van der Waals surface area contributed by atoms with Crippen LogP contribution >= 0.6 is 23.2 Å². The molecular formula is C21H27Cl2N5. The zero-order valence-corrected chi connectivity index (χ0v) is 17.7. The van der Waals surface area contributed by atoms with Gasteiger partial charge in [-0.2, -0.15) is 0 Å². The Morgan fingerprint density at radius 2 is 1.43 bits per heavy atom. The second-order valence-electron chi connectivity index (χ2n) is 7.64. The minimum absolute atomic E-state index is 0.533. The summed E-state index contributed by atoms with van der Waals surface area (Å²) in [5.41, 5.74) is 1.73. The van der Waals surface area contributed by atoms with Crippen LogP contribution in [0.15, 0.2) is 30.3 Å². The fourth-order valence-electron chi connectivity index (χ4n) is 3.97. The van der Waals surface area contributed by atoms with Crippen LogP contribution in [-0.2, 0) is 0 Å². The first-order valence-corrected chi connectivity index (χ1v) is 10.9. The molecule has 28 heavy (non-hydrogen) atoms. The SMILES string of the molecule is Clc1ccc(-c2ccc(N3CCN(CCN4CCCCC4)CC3)nn2)cc1Cl. The molecule has 0 spiro atoms. The van der Waals surface area contributed by atoms with Gasteiger partial charge in [0.25, 0.3) is 0 Å². The summed E-state index contributed by atoms with van der Waals surface area (Å²) in [5.74, 6) is 0.944. The molecule has 2 fully saturated rings. The molecule has 0 amide bonds. The smallest absolute Gasteiger partial charge is 0.151 e. The molecule has 1 aromatic heterocycles. The van der Waals surface area contributed by atoms with E-state index in [1.807, 2.05) is 24.3 Å². The van der Waals surface area contributed by atoms with Crippen molar-refractivity contribution in [3.05, 3.63) is 40.4 Å². The maximum atomic E-state index is 6.11. The molecule has 2 aliphatic heterocycles. The van der Waals surface area contributed by atoms with Gasteiger partial charge < -0.3 is 9.80 Å². The summed E-state index contributed by atoms with van der Waals surface area (Å²) in [5, 5.41) is 9.93. The van der Waals surface area contributed by atoms with E-state index in [1.165, 1.54) is 45.4 Å². The van der Waals surface area contributed by atoms with Gasteiger partial charge in [0.1, 0.15) is 0 Å². The van der Waals surface area contributed by atoms with Crippen molar-refractivity contribution in [3.8, 4) is 11.3 Å². The van der Waals surface area contributed by atoms with Gasteiger partial charge in [-0.15, -0.1) is 10.2 Å². The lowest BCUT2D eigenvalue weighted by molar-refractivity contribution is 0.176. The van der Waals surface area contributed by atoms with E-state index in [2.05, 4.69) is 24.9 Å². The van der Waals surface area contributed by atoms with E-state index >= 15 is 0 Å². The highest BCUT2D eigenvalue weighted by molar-refractivity contribution is 6.42. The van der Waals surface area contributed by atoms with Gasteiger partial charge in [-0.25, -0.2) is 0 Å². The van der Waals surface area contributed by atoms with Crippen molar-refractivity contribution in [1.29, 1.82) is 0 Å². The van der Waals surface area contributed by atoms with Crippen LogP contribution in [0.1, 0.15) is 19.3 Å². The highest BCUT2D eigenvalue weighted by Crippen LogP contribution is 2.27. The molecule has 7 heteroatoms. The Balaban J connectivity index is 1.29. The number of piperidine rings is 1. The molecule has 5 nitrogen and oxygen atoms in total. The molecule has 0 unspecified atom stereocenters. The average Bonchev–Trinajstić information content (AvgIpc) is 2.75. The van der Waals surface area contributed by atoms with Crippen molar-refractivity contribution in [3.63, 3.8) is 0 Å². The number of hydrogen-bond donors (Lipinski definition) is 0. The number of hydrogen-bond acceptors (Lipinski definition) is 5. The van der Waals surface area contributed by atoms with E-state index in [-0.39, 0.29) is 0 Å². The van der Waals surface area contributed by atoms with Crippen LogP contribution in [0, 0.1) is 0 Å². The molecule has 0 atom stereocenters. The third kappa shape index (κ3) is 4.95. The topological polar surface area (TPSA) is 35.5 Å². The molecule has 1 aromatic carbocycles. The molecule has 4 rings (SSSR count). The molecule has 0 aliphatic carbocycles. The van der Waals surface area contributed by atoms with E-state index in [0.717, 1.165) is 43.3 Å². The monoisotopic (exact) mass is 419 g/mol. The van der Waals surface area contributed by atoms with Gasteiger partial charge >= 0.3 is 0 Å². The number of benzene rings is 1. The number of halogens is 2. The minimum Gasteiger partial charge on any atom is -0.353 e. The zero-order valence-electron chi connectivity index (χ0n) is 16.2. The number of aromatic nitrogens is 2. The average molecular weight is 420 g/mol. The van der Waals surface area contributed by atoms with E-state index in [0.29, 0.717) is 10.0 Å². The Bertz CT molecular complexity index is 769. The van der Waals surface area contributed by atoms with Crippen LogP contribution in [0.3, 0.4) is 0 Å². The van der Waals surface area contributed by atoms with Crippen LogP contribution < -0.4 is 4.90 Å². The van der Waals surface area contributed by atoms with Crippen molar-refractivity contribution in [1.82, 2.24) is 20.0 Å². The molecule has 2 aliphatic rings. The summed E-state index contributed by atoms with van der Waals surface area (Å²) in [6.07, 6.45) is 4.13. The standard InChI is InChI=1S/C21H27Cl2N5/c22-18-5-4-17(16-19(18)23)20-6-7-21(25-24-20)28-14-12-27(13-15-28)11-10-26-8-2-1-3-9-26/h4-7,16H,1-3,8-15H2.